The molecule has 0 saturated carbocycles. The molecular weight excluding hydrogens is 393 g/mol. The molecule has 16 heavy (non-hydrogen) atoms. The van der Waals surface area contributed by atoms with Crippen molar-refractivity contribution in [2.45, 2.75) is 24.3 Å². The van der Waals surface area contributed by atoms with Crippen molar-refractivity contribution in [3.63, 3.8) is 0 Å². The first-order valence-corrected chi connectivity index (χ1v) is 17.0. The average molecular weight is 411 g/mol. The van der Waals surface area contributed by atoms with E-state index in [4.69, 9.17) is 8.81 Å². The third kappa shape index (κ3) is 3.38. The van der Waals surface area contributed by atoms with Gasteiger partial charge in [0.15, 0.2) is 0 Å². The molecule has 1 rings (SSSR count). The summed E-state index contributed by atoms with van der Waals surface area (Å²) in [6.45, 7) is 4.17. The molecule has 0 aliphatic rings. The molecule has 0 saturated heterocycles. The summed E-state index contributed by atoms with van der Waals surface area (Å²) >= 11 is 5.18. The average Bonchev–Trinajstić information content (AvgIpc) is 2.29. The number of halogens is 1. The van der Waals surface area contributed by atoms with Crippen LogP contribution >= 0.6 is 25.3 Å². The Kier molecular flexibility index (Phi) is 6.15. The Labute approximate surface area is 114 Å². The van der Waals surface area contributed by atoms with Crippen LogP contribution in [0, 0.1) is 0 Å². The van der Waals surface area contributed by atoms with E-state index in [9.17, 15) is 0 Å². The molecule has 2 N–H and O–H groups in total. The zero-order chi connectivity index (χ0) is 12.2. The molecule has 0 heterocycles. The number of rotatable bonds is 5. The number of benzene rings is 1. The van der Waals surface area contributed by atoms with Crippen molar-refractivity contribution in [1.82, 2.24) is 0 Å². The molecule has 2 nitrogen and oxygen atoms in total. The van der Waals surface area contributed by atoms with Crippen molar-refractivity contribution in [3.8, 4) is 0 Å². The van der Waals surface area contributed by atoms with Gasteiger partial charge in [0.05, 0.1) is 0 Å². The number of thiol groups is 1. The van der Waals surface area contributed by atoms with E-state index < -0.39 is 16.6 Å². The van der Waals surface area contributed by atoms with Crippen LogP contribution < -0.4 is 9.31 Å². The molecule has 0 aliphatic carbocycles. The van der Waals surface area contributed by atoms with Crippen LogP contribution in [0.1, 0.15) is 25.5 Å². The molecule has 0 aliphatic heterocycles. The molecule has 0 bridgehead atoms. The monoisotopic (exact) mass is 411 g/mol. The molecule has 0 aromatic heterocycles. The quantitative estimate of drug-likeness (QED) is 0.444. The minimum atomic E-state index is -2.85. The van der Waals surface area contributed by atoms with Crippen molar-refractivity contribution in [3.05, 3.63) is 29.8 Å². The first-order valence-electron chi connectivity index (χ1n) is 5.34. The van der Waals surface area contributed by atoms with Gasteiger partial charge in [-0.05, 0) is 0 Å². The van der Waals surface area contributed by atoms with Gasteiger partial charge in [-0.2, -0.15) is 0 Å². The fourth-order valence-corrected chi connectivity index (χ4v) is 13.4. The maximum atomic E-state index is 6.00. The molecular formula is C11H18BrNOSSn. The van der Waals surface area contributed by atoms with Gasteiger partial charge in [0, 0.05) is 0 Å². The van der Waals surface area contributed by atoms with Crippen LogP contribution in [0.3, 0.4) is 0 Å². The van der Waals surface area contributed by atoms with Crippen LogP contribution in [-0.2, 0) is 3.07 Å². The van der Waals surface area contributed by atoms with Crippen molar-refractivity contribution in [2.75, 3.05) is 5.94 Å². The van der Waals surface area contributed by atoms with Crippen molar-refractivity contribution < 1.29 is 3.07 Å². The SMILES string of the molecule is C[CH2][Sn]([Br])([O]CS)[c]1ccccc1C(C)N. The van der Waals surface area contributed by atoms with E-state index in [0.29, 0.717) is 5.94 Å². The second-order valence-corrected chi connectivity index (χ2v) is 21.1. The molecule has 2 atom stereocenters. The zero-order valence-corrected chi connectivity index (χ0v) is 14.9. The molecule has 2 unspecified atom stereocenters. The Balaban J connectivity index is 3.18. The van der Waals surface area contributed by atoms with Crippen LogP contribution in [0.5, 0.6) is 0 Å². The third-order valence-electron chi connectivity index (χ3n) is 2.60. The zero-order valence-electron chi connectivity index (χ0n) is 9.61. The summed E-state index contributed by atoms with van der Waals surface area (Å²) in [7, 11) is 0. The molecule has 1 aromatic carbocycles. The summed E-state index contributed by atoms with van der Waals surface area (Å²) in [5.41, 5.74) is 7.19. The Morgan fingerprint density at radius 3 is 2.62 bits per heavy atom. The molecule has 5 heteroatoms. The van der Waals surface area contributed by atoms with E-state index in [-0.39, 0.29) is 6.04 Å². The van der Waals surface area contributed by atoms with Gasteiger partial charge in [0.2, 0.25) is 0 Å². The van der Waals surface area contributed by atoms with Crippen molar-refractivity contribution in [1.29, 1.82) is 0 Å². The van der Waals surface area contributed by atoms with Crippen molar-refractivity contribution in [2.24, 2.45) is 5.73 Å². The first-order chi connectivity index (χ1) is 7.55. The molecule has 1 aromatic rings. The van der Waals surface area contributed by atoms with Crippen LogP contribution in [0.25, 0.3) is 0 Å². The number of hydrogen-bond donors (Lipinski definition) is 2. The summed E-state index contributed by atoms with van der Waals surface area (Å²) in [4.78, 5) is 0. The van der Waals surface area contributed by atoms with E-state index in [2.05, 4.69) is 44.4 Å². The van der Waals surface area contributed by atoms with Crippen molar-refractivity contribution >= 4 is 45.5 Å². The standard InChI is InChI=1S/C8H10N.C2H5.CH3OS.BrH.Sn/c1-7(9)8-5-3-2-4-6-8;1-2;2-1-3;;/h2-5,7H,9H2,1H3;1H2,2H3;3H,1H2;1H;/q;;-1;;+2/p-1. The first kappa shape index (κ1) is 14.8. The van der Waals surface area contributed by atoms with Crippen LogP contribution in [-0.4, -0.2) is 22.5 Å². The summed E-state index contributed by atoms with van der Waals surface area (Å²) < 4.78 is 8.21. The fourth-order valence-electron chi connectivity index (χ4n) is 1.71. The number of nitrogens with two attached hydrogens (primary N) is 1. The van der Waals surface area contributed by atoms with Gasteiger partial charge in [-0.3, -0.25) is 0 Å². The van der Waals surface area contributed by atoms with Gasteiger partial charge in [0.1, 0.15) is 0 Å². The Hall–Kier alpha value is 0.769. The predicted octanol–water partition coefficient (Wildman–Crippen LogP) is 2.67. The second kappa shape index (κ2) is 6.63. The molecule has 0 spiro atoms. The summed E-state index contributed by atoms with van der Waals surface area (Å²) in [6.07, 6.45) is 0. The molecule has 0 fully saturated rings. The third-order valence-corrected chi connectivity index (χ3v) is 19.5. The van der Waals surface area contributed by atoms with Gasteiger partial charge in [-0.25, -0.2) is 0 Å². The molecule has 0 radical (unpaired) electrons. The maximum absolute atomic E-state index is 6.00. The van der Waals surface area contributed by atoms with Crippen LogP contribution in [0.2, 0.25) is 4.44 Å². The molecule has 0 amide bonds. The van der Waals surface area contributed by atoms with E-state index in [1.165, 1.54) is 9.14 Å². The van der Waals surface area contributed by atoms with E-state index >= 15 is 0 Å². The van der Waals surface area contributed by atoms with Crippen LogP contribution in [0.4, 0.5) is 0 Å². The summed E-state index contributed by atoms with van der Waals surface area (Å²) in [5.74, 6) is 0.461. The van der Waals surface area contributed by atoms with E-state index in [1.807, 2.05) is 19.1 Å². The normalized spacial score (nSPS) is 16.8. The van der Waals surface area contributed by atoms with Gasteiger partial charge in [0.25, 0.3) is 0 Å². The minimum absolute atomic E-state index is 0.0416. The number of hydrogen-bond acceptors (Lipinski definition) is 3. The van der Waals surface area contributed by atoms with Gasteiger partial charge in [-0.15, -0.1) is 0 Å². The van der Waals surface area contributed by atoms with E-state index in [0.717, 1.165) is 4.44 Å². The van der Waals surface area contributed by atoms with Crippen LogP contribution in [0.15, 0.2) is 24.3 Å². The molecule has 90 valence electrons. The Morgan fingerprint density at radius 2 is 2.12 bits per heavy atom. The van der Waals surface area contributed by atoms with E-state index in [1.54, 1.807) is 0 Å². The topological polar surface area (TPSA) is 35.2 Å². The Morgan fingerprint density at radius 1 is 1.50 bits per heavy atom. The Bertz CT molecular complexity index is 351. The van der Waals surface area contributed by atoms with Gasteiger partial charge < -0.3 is 0 Å². The van der Waals surface area contributed by atoms with Gasteiger partial charge in [-0.1, -0.05) is 0 Å². The summed E-state index contributed by atoms with van der Waals surface area (Å²) in [5, 5.41) is 0. The fraction of sp³-hybridized carbons (Fsp3) is 0.455. The van der Waals surface area contributed by atoms with Gasteiger partial charge >= 0.3 is 114 Å². The summed E-state index contributed by atoms with van der Waals surface area (Å²) in [6, 6.07) is 8.34. The predicted molar refractivity (Wildman–Crippen MR) is 78.8 cm³/mol. The second-order valence-electron chi connectivity index (χ2n) is 3.73.